The van der Waals surface area contributed by atoms with Crippen LogP contribution < -0.4 is 5.43 Å². The van der Waals surface area contributed by atoms with E-state index in [1.807, 2.05) is 6.07 Å². The number of fused-ring (bicyclic) bond motifs is 1. The van der Waals surface area contributed by atoms with Crippen LogP contribution in [0.5, 0.6) is 0 Å². The Balaban J connectivity index is 1.90. The zero-order valence-corrected chi connectivity index (χ0v) is 11.2. The number of nitrogens with zero attached hydrogens (tertiary/aromatic N) is 4. The molecule has 0 unspecified atom stereocenters. The van der Waals surface area contributed by atoms with Crippen molar-refractivity contribution in [2.75, 3.05) is 0 Å². The molecule has 0 bridgehead atoms. The number of nitrogens with one attached hydrogen (secondary N) is 1. The molecule has 0 aliphatic heterocycles. The van der Waals surface area contributed by atoms with E-state index in [4.69, 9.17) is 4.42 Å². The van der Waals surface area contributed by atoms with Gasteiger partial charge >= 0.3 is 0 Å². The largest absolute Gasteiger partial charge is 0.454 e. The lowest BCUT2D eigenvalue weighted by Gasteiger charge is -2.03. The number of H-pyrrole nitrogens is 1. The lowest BCUT2D eigenvalue weighted by Crippen LogP contribution is -2.01. The fourth-order valence-corrected chi connectivity index (χ4v) is 2.21. The van der Waals surface area contributed by atoms with E-state index >= 15 is 0 Å². The number of aromatic nitrogens is 5. The Labute approximate surface area is 123 Å². The normalized spacial score (nSPS) is 10.9. The Kier molecular flexibility index (Phi) is 2.75. The van der Waals surface area contributed by atoms with Gasteiger partial charge in [-0.15, -0.1) is 10.2 Å². The van der Waals surface area contributed by atoms with Gasteiger partial charge < -0.3 is 4.42 Å². The Morgan fingerprint density at radius 3 is 2.82 bits per heavy atom. The van der Waals surface area contributed by atoms with Crippen molar-refractivity contribution in [3.63, 3.8) is 0 Å². The second kappa shape index (κ2) is 4.88. The molecule has 1 aromatic carbocycles. The van der Waals surface area contributed by atoms with Gasteiger partial charge in [0, 0.05) is 17.8 Å². The summed E-state index contributed by atoms with van der Waals surface area (Å²) in [6.07, 6.45) is 1.65. The molecule has 3 heterocycles. The molecule has 0 aliphatic carbocycles. The number of hydrogen-bond acceptors (Lipinski definition) is 6. The van der Waals surface area contributed by atoms with Crippen molar-refractivity contribution >= 4 is 11.0 Å². The lowest BCUT2D eigenvalue weighted by molar-refractivity contribution is 0.616. The molecule has 0 atom stereocenters. The van der Waals surface area contributed by atoms with Crippen LogP contribution in [0, 0.1) is 0 Å². The van der Waals surface area contributed by atoms with Gasteiger partial charge in [0.25, 0.3) is 0 Å². The molecule has 0 fully saturated rings. The minimum atomic E-state index is -0.146. The highest BCUT2D eigenvalue weighted by molar-refractivity contribution is 5.82. The van der Waals surface area contributed by atoms with E-state index in [1.54, 1.807) is 36.5 Å². The Morgan fingerprint density at radius 1 is 1.09 bits per heavy atom. The van der Waals surface area contributed by atoms with Crippen LogP contribution in [0.15, 0.2) is 57.9 Å². The Bertz CT molecular complexity index is 994. The maximum absolute atomic E-state index is 12.3. The summed E-state index contributed by atoms with van der Waals surface area (Å²) in [7, 11) is 0. The van der Waals surface area contributed by atoms with Crippen LogP contribution in [0.2, 0.25) is 0 Å². The number of benzene rings is 1. The van der Waals surface area contributed by atoms with Crippen LogP contribution in [0.4, 0.5) is 0 Å². The number of tetrazole rings is 1. The molecule has 4 rings (SSSR count). The summed E-state index contributed by atoms with van der Waals surface area (Å²) in [5, 5.41) is 14.1. The summed E-state index contributed by atoms with van der Waals surface area (Å²) in [5.41, 5.74) is 1.65. The molecule has 106 valence electrons. The predicted molar refractivity (Wildman–Crippen MR) is 78.9 cm³/mol. The topological polar surface area (TPSA) is 97.6 Å². The van der Waals surface area contributed by atoms with Crippen LogP contribution >= 0.6 is 0 Å². The molecule has 0 aliphatic rings. The third kappa shape index (κ3) is 2.05. The molecule has 7 nitrogen and oxygen atoms in total. The van der Waals surface area contributed by atoms with Gasteiger partial charge in [-0.2, -0.15) is 5.21 Å². The highest BCUT2D eigenvalue weighted by atomic mass is 16.3. The molecule has 0 amide bonds. The first-order valence-electron chi connectivity index (χ1n) is 6.54. The van der Waals surface area contributed by atoms with Gasteiger partial charge in [0.05, 0.1) is 5.39 Å². The average Bonchev–Trinajstić information content (AvgIpc) is 3.10. The fourth-order valence-electron chi connectivity index (χ4n) is 2.21. The van der Waals surface area contributed by atoms with Crippen molar-refractivity contribution in [2.24, 2.45) is 0 Å². The van der Waals surface area contributed by atoms with E-state index in [2.05, 4.69) is 25.6 Å². The first kappa shape index (κ1) is 12.4. The van der Waals surface area contributed by atoms with Gasteiger partial charge in [-0.1, -0.05) is 6.07 Å². The van der Waals surface area contributed by atoms with Gasteiger partial charge in [-0.05, 0) is 35.5 Å². The van der Waals surface area contributed by atoms with E-state index in [-0.39, 0.29) is 5.43 Å². The molecule has 0 spiro atoms. The second-order valence-corrected chi connectivity index (χ2v) is 4.64. The van der Waals surface area contributed by atoms with E-state index in [0.29, 0.717) is 33.8 Å². The molecule has 22 heavy (non-hydrogen) atoms. The van der Waals surface area contributed by atoms with Crippen molar-refractivity contribution < 1.29 is 4.42 Å². The van der Waals surface area contributed by atoms with Gasteiger partial charge in [-0.25, -0.2) is 0 Å². The first-order valence-corrected chi connectivity index (χ1v) is 6.54. The quantitative estimate of drug-likeness (QED) is 0.607. The first-order chi connectivity index (χ1) is 10.8. The number of aromatic amines is 1. The Hall–Kier alpha value is -3.35. The zero-order valence-electron chi connectivity index (χ0n) is 11.2. The SMILES string of the molecule is O=c1cc(-c2ccccn2)oc2ccc(-c3nn[nH]n3)cc12. The predicted octanol–water partition coefficient (Wildman–Crippen LogP) is 2.04. The van der Waals surface area contributed by atoms with Crippen LogP contribution in [-0.2, 0) is 0 Å². The summed E-state index contributed by atoms with van der Waals surface area (Å²) < 4.78 is 5.77. The summed E-state index contributed by atoms with van der Waals surface area (Å²) in [6.45, 7) is 0. The van der Waals surface area contributed by atoms with Crippen LogP contribution in [0.1, 0.15) is 0 Å². The summed E-state index contributed by atoms with van der Waals surface area (Å²) in [4.78, 5) is 16.5. The lowest BCUT2D eigenvalue weighted by atomic mass is 10.1. The Morgan fingerprint density at radius 2 is 2.05 bits per heavy atom. The second-order valence-electron chi connectivity index (χ2n) is 4.64. The van der Waals surface area contributed by atoms with E-state index < -0.39 is 0 Å². The molecular formula is C15H9N5O2. The van der Waals surface area contributed by atoms with Gasteiger partial charge in [0.15, 0.2) is 11.2 Å². The van der Waals surface area contributed by atoms with Gasteiger partial charge in [-0.3, -0.25) is 9.78 Å². The number of rotatable bonds is 2. The highest BCUT2D eigenvalue weighted by Crippen LogP contribution is 2.23. The third-order valence-electron chi connectivity index (χ3n) is 3.25. The van der Waals surface area contributed by atoms with Crippen molar-refractivity contribution in [1.82, 2.24) is 25.6 Å². The van der Waals surface area contributed by atoms with Crippen LogP contribution in [-0.4, -0.2) is 25.6 Å². The van der Waals surface area contributed by atoms with Crippen molar-refractivity contribution in [3.05, 3.63) is 58.9 Å². The van der Waals surface area contributed by atoms with Gasteiger partial charge in [0.1, 0.15) is 11.3 Å². The highest BCUT2D eigenvalue weighted by Gasteiger charge is 2.10. The molecular weight excluding hydrogens is 282 g/mol. The van der Waals surface area contributed by atoms with Crippen LogP contribution in [0.25, 0.3) is 33.8 Å². The van der Waals surface area contributed by atoms with Crippen LogP contribution in [0.3, 0.4) is 0 Å². The van der Waals surface area contributed by atoms with E-state index in [1.165, 1.54) is 6.07 Å². The minimum absolute atomic E-state index is 0.146. The molecule has 0 radical (unpaired) electrons. The maximum atomic E-state index is 12.3. The molecule has 0 saturated heterocycles. The van der Waals surface area contributed by atoms with Gasteiger partial charge in [0.2, 0.25) is 5.82 Å². The smallest absolute Gasteiger partial charge is 0.204 e. The van der Waals surface area contributed by atoms with Crippen molar-refractivity contribution in [1.29, 1.82) is 0 Å². The van der Waals surface area contributed by atoms with E-state index in [9.17, 15) is 4.79 Å². The number of hydrogen-bond donors (Lipinski definition) is 1. The zero-order chi connectivity index (χ0) is 14.9. The van der Waals surface area contributed by atoms with E-state index in [0.717, 1.165) is 0 Å². The van der Waals surface area contributed by atoms with Crippen molar-refractivity contribution in [3.8, 4) is 22.8 Å². The summed E-state index contributed by atoms with van der Waals surface area (Å²) >= 11 is 0. The monoisotopic (exact) mass is 291 g/mol. The maximum Gasteiger partial charge on any atom is 0.204 e. The average molecular weight is 291 g/mol. The molecule has 4 aromatic rings. The summed E-state index contributed by atoms with van der Waals surface area (Å²) in [6, 6.07) is 12.1. The summed E-state index contributed by atoms with van der Waals surface area (Å²) in [5.74, 6) is 0.862. The fraction of sp³-hybridized carbons (Fsp3) is 0. The molecule has 0 saturated carbocycles. The molecule has 7 heteroatoms. The molecule has 1 N–H and O–H groups in total. The third-order valence-corrected chi connectivity index (χ3v) is 3.25. The standard InChI is InChI=1S/C15H9N5O2/c21-12-8-14(11-3-1-2-6-16-11)22-13-5-4-9(7-10(12)13)15-17-19-20-18-15/h1-8H,(H,17,18,19,20). The number of pyridine rings is 1. The van der Waals surface area contributed by atoms with Crippen molar-refractivity contribution in [2.45, 2.75) is 0 Å². The minimum Gasteiger partial charge on any atom is -0.454 e. The molecule has 3 aromatic heterocycles.